The molecule has 0 rings (SSSR count). The van der Waals surface area contributed by atoms with E-state index in [2.05, 4.69) is 111 Å². The van der Waals surface area contributed by atoms with E-state index in [4.69, 9.17) is 24.3 Å². The molecule has 0 aliphatic heterocycles. The van der Waals surface area contributed by atoms with Crippen LogP contribution in [-0.4, -0.2) is 49.9 Å². The fraction of sp³-hybridized carbons (Fsp3) is 0.578. The van der Waals surface area contributed by atoms with Crippen molar-refractivity contribution in [3.63, 3.8) is 0 Å². The average Bonchev–Trinajstić information content (AvgIpc) is 3.16. The van der Waals surface area contributed by atoms with Gasteiger partial charge in [0.2, 0.25) is 0 Å². The van der Waals surface area contributed by atoms with Crippen LogP contribution < -0.4 is 5.73 Å². The first kappa shape index (κ1) is 51.2. The largest absolute Gasteiger partial charge is 0.472 e. The molecule has 9 heteroatoms. The van der Waals surface area contributed by atoms with Gasteiger partial charge in [-0.25, -0.2) is 4.57 Å². The van der Waals surface area contributed by atoms with E-state index >= 15 is 0 Å². The van der Waals surface area contributed by atoms with Crippen LogP contribution in [0.15, 0.2) is 109 Å². The molecule has 0 amide bonds. The number of phosphoric ester groups is 1. The third-order valence-corrected chi connectivity index (χ3v) is 8.68. The lowest BCUT2D eigenvalue weighted by atomic mass is 10.1. The molecule has 0 spiro atoms. The fourth-order valence-electron chi connectivity index (χ4n) is 4.80. The zero-order valence-electron chi connectivity index (χ0n) is 33.7. The number of hydrogen-bond donors (Lipinski definition) is 2. The summed E-state index contributed by atoms with van der Waals surface area (Å²) in [6.45, 7) is 4.51. The van der Waals surface area contributed by atoms with E-state index in [9.17, 15) is 14.3 Å². The van der Waals surface area contributed by atoms with Crippen molar-refractivity contribution >= 4 is 13.8 Å². The van der Waals surface area contributed by atoms with Crippen LogP contribution in [0.2, 0.25) is 0 Å². The predicted molar refractivity (Wildman–Crippen MR) is 228 cm³/mol. The van der Waals surface area contributed by atoms with Gasteiger partial charge in [0, 0.05) is 19.6 Å². The highest BCUT2D eigenvalue weighted by molar-refractivity contribution is 7.47. The van der Waals surface area contributed by atoms with Gasteiger partial charge in [-0.05, 0) is 83.5 Å². The van der Waals surface area contributed by atoms with Crippen molar-refractivity contribution in [2.75, 3.05) is 33.0 Å². The summed E-state index contributed by atoms with van der Waals surface area (Å²) in [4.78, 5) is 22.4. The van der Waals surface area contributed by atoms with Gasteiger partial charge in [-0.3, -0.25) is 13.8 Å². The van der Waals surface area contributed by atoms with Gasteiger partial charge in [0.1, 0.15) is 6.10 Å². The SMILES string of the molecule is CC/C=C\C/C=C\C/C=C\C/C=C\C/C=C\CCCCCCCCOCC(COP(=O)(O)OCCN)OC(=O)CC/C=C\C/C=C\C/C=C\C/C=C\CC. The standard InChI is InChI=1S/C45H74NO7P/c1-3-5-7-9-11-13-15-17-18-19-20-21-22-23-24-25-27-29-31-33-35-37-40-50-42-44(43-52-54(48,49)51-41-39-46)53-45(47)38-36-34-32-30-28-26-16-14-12-10-8-6-4-2/h5-8,11-14,17-18,20-21,23-24,26,28,32,34,44H,3-4,9-10,15-16,19,22,25,27,29-31,33,35-43,46H2,1-2H3,(H,48,49)/b7-5-,8-6-,13-11-,14-12-,18-17-,21-20-,24-23-,28-26-,34-32-. The Bertz CT molecular complexity index is 1180. The van der Waals surface area contributed by atoms with Gasteiger partial charge in [0.05, 0.1) is 19.8 Å². The maximum Gasteiger partial charge on any atom is 0.472 e. The highest BCUT2D eigenvalue weighted by atomic mass is 31.2. The molecule has 0 aromatic carbocycles. The molecular formula is C45H74NO7P. The molecule has 0 saturated carbocycles. The van der Waals surface area contributed by atoms with Gasteiger partial charge < -0.3 is 20.1 Å². The summed E-state index contributed by atoms with van der Waals surface area (Å²) in [5.74, 6) is -0.421. The van der Waals surface area contributed by atoms with Gasteiger partial charge in [0.25, 0.3) is 0 Å². The molecule has 8 nitrogen and oxygen atoms in total. The third-order valence-electron chi connectivity index (χ3n) is 7.70. The molecule has 3 N–H and O–H groups in total. The summed E-state index contributed by atoms with van der Waals surface area (Å²) in [6.07, 6.45) is 55.6. The second-order valence-electron chi connectivity index (χ2n) is 12.7. The van der Waals surface area contributed by atoms with Gasteiger partial charge in [-0.2, -0.15) is 0 Å². The molecule has 0 fully saturated rings. The van der Waals surface area contributed by atoms with Crippen molar-refractivity contribution in [1.29, 1.82) is 0 Å². The summed E-state index contributed by atoms with van der Waals surface area (Å²) >= 11 is 0. The molecule has 0 aliphatic rings. The monoisotopic (exact) mass is 772 g/mol. The molecule has 0 aromatic rings. The van der Waals surface area contributed by atoms with E-state index in [0.717, 1.165) is 83.5 Å². The average molecular weight is 772 g/mol. The number of nitrogens with two attached hydrogens (primary N) is 1. The van der Waals surface area contributed by atoms with Crippen LogP contribution in [0.5, 0.6) is 0 Å². The van der Waals surface area contributed by atoms with Gasteiger partial charge in [-0.1, -0.05) is 149 Å². The summed E-state index contributed by atoms with van der Waals surface area (Å²) in [5, 5.41) is 0. The maximum absolute atomic E-state index is 12.5. The second kappa shape index (κ2) is 41.3. The van der Waals surface area contributed by atoms with Gasteiger partial charge in [0.15, 0.2) is 0 Å². The molecular weight excluding hydrogens is 697 g/mol. The summed E-state index contributed by atoms with van der Waals surface area (Å²) in [5.41, 5.74) is 5.35. The van der Waals surface area contributed by atoms with Crippen molar-refractivity contribution < 1.29 is 32.8 Å². The van der Waals surface area contributed by atoms with Crippen LogP contribution in [0.1, 0.15) is 129 Å². The van der Waals surface area contributed by atoms with E-state index in [1.54, 1.807) is 0 Å². The topological polar surface area (TPSA) is 117 Å². The quantitative estimate of drug-likeness (QED) is 0.0277. The predicted octanol–water partition coefficient (Wildman–Crippen LogP) is 12.1. The molecule has 0 radical (unpaired) electrons. The van der Waals surface area contributed by atoms with Gasteiger partial charge >= 0.3 is 13.8 Å². The number of unbranched alkanes of at least 4 members (excludes halogenated alkanes) is 6. The number of rotatable bonds is 37. The molecule has 2 atom stereocenters. The zero-order valence-corrected chi connectivity index (χ0v) is 34.5. The minimum absolute atomic E-state index is 0.0693. The Morgan fingerprint density at radius 1 is 0.556 bits per heavy atom. The van der Waals surface area contributed by atoms with Crippen molar-refractivity contribution in [3.05, 3.63) is 109 Å². The first-order chi connectivity index (χ1) is 26.4. The number of hydrogen-bond acceptors (Lipinski definition) is 7. The Morgan fingerprint density at radius 2 is 0.981 bits per heavy atom. The molecule has 306 valence electrons. The molecule has 0 bridgehead atoms. The fourth-order valence-corrected chi connectivity index (χ4v) is 5.56. The summed E-state index contributed by atoms with van der Waals surface area (Å²) < 4.78 is 33.2. The normalized spacial score (nSPS) is 14.7. The van der Waals surface area contributed by atoms with Crippen LogP contribution in [0.25, 0.3) is 0 Å². The van der Waals surface area contributed by atoms with Crippen molar-refractivity contribution in [1.82, 2.24) is 0 Å². The number of esters is 1. The molecule has 0 aliphatic carbocycles. The van der Waals surface area contributed by atoms with Crippen molar-refractivity contribution in [3.8, 4) is 0 Å². The Morgan fingerprint density at radius 3 is 1.46 bits per heavy atom. The highest BCUT2D eigenvalue weighted by Gasteiger charge is 2.25. The van der Waals surface area contributed by atoms with Crippen molar-refractivity contribution in [2.24, 2.45) is 5.73 Å². The smallest absolute Gasteiger partial charge is 0.457 e. The lowest BCUT2D eigenvalue weighted by Crippen LogP contribution is -2.28. The first-order valence-corrected chi connectivity index (χ1v) is 21.9. The Hall–Kier alpha value is -2.84. The number of ether oxygens (including phenoxy) is 2. The Labute approximate surface area is 329 Å². The number of carbonyl (C=O) groups is 1. The van der Waals surface area contributed by atoms with E-state index < -0.39 is 19.9 Å². The van der Waals surface area contributed by atoms with Gasteiger partial charge in [-0.15, -0.1) is 0 Å². The van der Waals surface area contributed by atoms with E-state index in [1.165, 1.54) is 19.3 Å². The number of carbonyl (C=O) groups excluding carboxylic acids is 1. The van der Waals surface area contributed by atoms with E-state index in [0.29, 0.717) is 13.0 Å². The summed E-state index contributed by atoms with van der Waals surface area (Å²) in [6, 6.07) is 0. The van der Waals surface area contributed by atoms with Crippen molar-refractivity contribution in [2.45, 2.75) is 136 Å². The third kappa shape index (κ3) is 40.3. The Balaban J connectivity index is 4.17. The number of allylic oxidation sites excluding steroid dienone is 18. The van der Waals surface area contributed by atoms with E-state index in [-0.39, 0.29) is 32.8 Å². The van der Waals surface area contributed by atoms with Crippen LogP contribution in [0, 0.1) is 0 Å². The minimum atomic E-state index is -4.30. The maximum atomic E-state index is 12.5. The zero-order chi connectivity index (χ0) is 39.5. The molecule has 54 heavy (non-hydrogen) atoms. The van der Waals surface area contributed by atoms with Crippen LogP contribution in [-0.2, 0) is 27.9 Å². The minimum Gasteiger partial charge on any atom is -0.457 e. The van der Waals surface area contributed by atoms with Crippen LogP contribution in [0.4, 0.5) is 0 Å². The highest BCUT2D eigenvalue weighted by Crippen LogP contribution is 2.43. The first-order valence-electron chi connectivity index (χ1n) is 20.4. The second-order valence-corrected chi connectivity index (χ2v) is 14.2. The molecule has 2 unspecified atom stereocenters. The van der Waals surface area contributed by atoms with Crippen LogP contribution >= 0.6 is 7.82 Å². The molecule has 0 saturated heterocycles. The lowest BCUT2D eigenvalue weighted by molar-refractivity contribution is -0.154. The van der Waals surface area contributed by atoms with Crippen LogP contribution in [0.3, 0.4) is 0 Å². The number of phosphoric acid groups is 1. The Kier molecular flexibility index (Phi) is 39.2. The summed E-state index contributed by atoms with van der Waals surface area (Å²) in [7, 11) is -4.30. The lowest BCUT2D eigenvalue weighted by Gasteiger charge is -2.19. The van der Waals surface area contributed by atoms with E-state index in [1.807, 2.05) is 12.2 Å². The molecule has 0 heterocycles. The molecule has 0 aromatic heterocycles.